The maximum atomic E-state index is 6.32. The molecule has 1 fully saturated rings. The first kappa shape index (κ1) is 13.7. The molecule has 18 heavy (non-hydrogen) atoms. The summed E-state index contributed by atoms with van der Waals surface area (Å²) in [6, 6.07) is 6.85. The van der Waals surface area contributed by atoms with E-state index < -0.39 is 0 Å². The van der Waals surface area contributed by atoms with Crippen molar-refractivity contribution in [1.82, 2.24) is 5.32 Å². The van der Waals surface area contributed by atoms with Gasteiger partial charge in [-0.2, -0.15) is 0 Å². The minimum absolute atomic E-state index is 0.579. The van der Waals surface area contributed by atoms with E-state index in [2.05, 4.69) is 43.1 Å². The molecule has 2 nitrogen and oxygen atoms in total. The normalized spacial score (nSPS) is 20.5. The molecule has 1 aromatic rings. The number of piperazine rings is 1. The number of nitrogens with one attached hydrogen (secondary N) is 1. The van der Waals surface area contributed by atoms with Gasteiger partial charge in [-0.1, -0.05) is 31.5 Å². The van der Waals surface area contributed by atoms with Crippen LogP contribution in [0.1, 0.15) is 25.8 Å². The van der Waals surface area contributed by atoms with E-state index in [-0.39, 0.29) is 0 Å². The van der Waals surface area contributed by atoms with E-state index in [1.165, 1.54) is 17.7 Å². The molecule has 0 amide bonds. The van der Waals surface area contributed by atoms with Crippen molar-refractivity contribution in [2.75, 3.05) is 24.5 Å². The molecule has 0 aromatic heterocycles. The standard InChI is InChI=1S/C15H23ClN2/c1-11(2)8-13-10-18(7-6-17-13)15-9-12(3)4-5-14(15)16/h4-5,9,11,13,17H,6-8,10H2,1-3H3. The largest absolute Gasteiger partial charge is 0.367 e. The first-order valence-corrected chi connectivity index (χ1v) is 7.18. The van der Waals surface area contributed by atoms with Gasteiger partial charge in [0.15, 0.2) is 0 Å². The molecule has 1 heterocycles. The Kier molecular flexibility index (Phi) is 4.52. The molecular formula is C15H23ClN2. The number of nitrogens with zero attached hydrogens (tertiary/aromatic N) is 1. The second-order valence-electron chi connectivity index (χ2n) is 5.68. The maximum absolute atomic E-state index is 6.32. The molecule has 1 unspecified atom stereocenters. The summed E-state index contributed by atoms with van der Waals surface area (Å²) in [4.78, 5) is 2.42. The van der Waals surface area contributed by atoms with Crippen LogP contribution in [-0.2, 0) is 0 Å². The van der Waals surface area contributed by atoms with Crippen molar-refractivity contribution >= 4 is 17.3 Å². The molecular weight excluding hydrogens is 244 g/mol. The highest BCUT2D eigenvalue weighted by atomic mass is 35.5. The number of anilines is 1. The second-order valence-corrected chi connectivity index (χ2v) is 6.09. The van der Waals surface area contributed by atoms with Gasteiger partial charge < -0.3 is 10.2 Å². The van der Waals surface area contributed by atoms with Crippen LogP contribution in [0.3, 0.4) is 0 Å². The molecule has 1 N–H and O–H groups in total. The van der Waals surface area contributed by atoms with Crippen LogP contribution in [0.25, 0.3) is 0 Å². The predicted octanol–water partition coefficient (Wildman–Crippen LogP) is 3.47. The van der Waals surface area contributed by atoms with Crippen LogP contribution in [-0.4, -0.2) is 25.7 Å². The first-order chi connectivity index (χ1) is 8.56. The van der Waals surface area contributed by atoms with Crippen molar-refractivity contribution in [3.05, 3.63) is 28.8 Å². The summed E-state index contributed by atoms with van der Waals surface area (Å²) < 4.78 is 0. The van der Waals surface area contributed by atoms with E-state index in [0.29, 0.717) is 6.04 Å². The third-order valence-electron chi connectivity index (χ3n) is 3.45. The van der Waals surface area contributed by atoms with Crippen LogP contribution in [0.2, 0.25) is 5.02 Å². The maximum Gasteiger partial charge on any atom is 0.0639 e. The summed E-state index contributed by atoms with van der Waals surface area (Å²) in [5, 5.41) is 4.47. The van der Waals surface area contributed by atoms with E-state index in [4.69, 9.17) is 11.6 Å². The van der Waals surface area contributed by atoms with Gasteiger partial charge in [0.05, 0.1) is 10.7 Å². The van der Waals surface area contributed by atoms with E-state index in [0.717, 1.165) is 30.6 Å². The van der Waals surface area contributed by atoms with Gasteiger partial charge in [-0.05, 0) is 37.0 Å². The highest BCUT2D eigenvalue weighted by Gasteiger charge is 2.21. The van der Waals surface area contributed by atoms with Crippen molar-refractivity contribution in [3.63, 3.8) is 0 Å². The highest BCUT2D eigenvalue weighted by Crippen LogP contribution is 2.28. The van der Waals surface area contributed by atoms with Crippen molar-refractivity contribution < 1.29 is 0 Å². The van der Waals surface area contributed by atoms with E-state index in [9.17, 15) is 0 Å². The Morgan fingerprint density at radius 2 is 2.22 bits per heavy atom. The summed E-state index contributed by atoms with van der Waals surface area (Å²) in [6.45, 7) is 9.81. The van der Waals surface area contributed by atoms with Gasteiger partial charge >= 0.3 is 0 Å². The number of hydrogen-bond acceptors (Lipinski definition) is 2. The zero-order chi connectivity index (χ0) is 13.1. The van der Waals surface area contributed by atoms with Crippen LogP contribution >= 0.6 is 11.6 Å². The number of halogens is 1. The molecule has 1 aliphatic heterocycles. The molecule has 1 atom stereocenters. The summed E-state index contributed by atoms with van der Waals surface area (Å²) in [6.07, 6.45) is 1.22. The van der Waals surface area contributed by atoms with Crippen molar-refractivity contribution in [2.45, 2.75) is 33.2 Å². The summed E-state index contributed by atoms with van der Waals surface area (Å²) in [5.41, 5.74) is 2.46. The van der Waals surface area contributed by atoms with Crippen LogP contribution in [0.5, 0.6) is 0 Å². The van der Waals surface area contributed by atoms with Crippen LogP contribution < -0.4 is 10.2 Å². The molecule has 0 radical (unpaired) electrons. The van der Waals surface area contributed by atoms with E-state index in [1.807, 2.05) is 6.07 Å². The summed E-state index contributed by atoms with van der Waals surface area (Å²) in [5.74, 6) is 0.732. The van der Waals surface area contributed by atoms with E-state index >= 15 is 0 Å². The van der Waals surface area contributed by atoms with Crippen LogP contribution in [0.4, 0.5) is 5.69 Å². The van der Waals surface area contributed by atoms with Crippen molar-refractivity contribution in [1.29, 1.82) is 0 Å². The lowest BCUT2D eigenvalue weighted by molar-refractivity contribution is 0.388. The van der Waals surface area contributed by atoms with Crippen molar-refractivity contribution in [2.24, 2.45) is 5.92 Å². The fraction of sp³-hybridized carbons (Fsp3) is 0.600. The Balaban J connectivity index is 2.10. The van der Waals surface area contributed by atoms with Gasteiger partial charge in [-0.15, -0.1) is 0 Å². The lowest BCUT2D eigenvalue weighted by Gasteiger charge is -2.36. The van der Waals surface area contributed by atoms with Crippen LogP contribution in [0.15, 0.2) is 18.2 Å². The second kappa shape index (κ2) is 5.94. The topological polar surface area (TPSA) is 15.3 Å². The summed E-state index contributed by atoms with van der Waals surface area (Å²) in [7, 11) is 0. The van der Waals surface area contributed by atoms with Crippen LogP contribution in [0, 0.1) is 12.8 Å². The van der Waals surface area contributed by atoms with Gasteiger partial charge in [-0.25, -0.2) is 0 Å². The monoisotopic (exact) mass is 266 g/mol. The van der Waals surface area contributed by atoms with E-state index in [1.54, 1.807) is 0 Å². The third-order valence-corrected chi connectivity index (χ3v) is 3.77. The SMILES string of the molecule is Cc1ccc(Cl)c(N2CCNC(CC(C)C)C2)c1. The third kappa shape index (κ3) is 3.39. The molecule has 1 saturated heterocycles. The molecule has 1 aliphatic rings. The Bertz CT molecular complexity index is 403. The van der Waals surface area contributed by atoms with Crippen molar-refractivity contribution in [3.8, 4) is 0 Å². The molecule has 2 rings (SSSR count). The first-order valence-electron chi connectivity index (χ1n) is 6.80. The smallest absolute Gasteiger partial charge is 0.0639 e. The zero-order valence-corrected chi connectivity index (χ0v) is 12.3. The Labute approximate surface area is 115 Å². The Morgan fingerprint density at radius 1 is 1.44 bits per heavy atom. The van der Waals surface area contributed by atoms with Gasteiger partial charge in [0.25, 0.3) is 0 Å². The fourth-order valence-electron chi connectivity index (χ4n) is 2.64. The lowest BCUT2D eigenvalue weighted by Crippen LogP contribution is -2.51. The molecule has 0 aliphatic carbocycles. The molecule has 1 aromatic carbocycles. The van der Waals surface area contributed by atoms with Gasteiger partial charge in [0, 0.05) is 25.7 Å². The minimum atomic E-state index is 0.579. The fourth-order valence-corrected chi connectivity index (χ4v) is 2.87. The number of hydrogen-bond donors (Lipinski definition) is 1. The van der Waals surface area contributed by atoms with Gasteiger partial charge in [0.1, 0.15) is 0 Å². The Hall–Kier alpha value is -0.730. The number of benzene rings is 1. The highest BCUT2D eigenvalue weighted by molar-refractivity contribution is 6.33. The summed E-state index contributed by atoms with van der Waals surface area (Å²) >= 11 is 6.32. The molecule has 0 saturated carbocycles. The number of aryl methyl sites for hydroxylation is 1. The predicted molar refractivity (Wildman–Crippen MR) is 79.6 cm³/mol. The zero-order valence-electron chi connectivity index (χ0n) is 11.5. The van der Waals surface area contributed by atoms with Gasteiger partial charge in [-0.3, -0.25) is 0 Å². The molecule has 0 bridgehead atoms. The molecule has 100 valence electrons. The lowest BCUT2D eigenvalue weighted by atomic mass is 10.0. The minimum Gasteiger partial charge on any atom is -0.367 e. The Morgan fingerprint density at radius 3 is 2.94 bits per heavy atom. The average Bonchev–Trinajstić information content (AvgIpc) is 2.32. The molecule has 3 heteroatoms. The average molecular weight is 267 g/mol. The molecule has 0 spiro atoms. The number of rotatable bonds is 3. The quantitative estimate of drug-likeness (QED) is 0.901. The van der Waals surface area contributed by atoms with Gasteiger partial charge in [0.2, 0.25) is 0 Å².